The minimum atomic E-state index is -0.130. The molecule has 112 valence electrons. The van der Waals surface area contributed by atoms with Crippen molar-refractivity contribution in [3.05, 3.63) is 72.6 Å². The van der Waals surface area contributed by atoms with Crippen molar-refractivity contribution in [2.45, 2.75) is 26.5 Å². The van der Waals surface area contributed by atoms with Crippen molar-refractivity contribution in [1.82, 2.24) is 9.55 Å². The van der Waals surface area contributed by atoms with Gasteiger partial charge in [-0.15, -0.1) is 6.58 Å². The van der Waals surface area contributed by atoms with Crippen molar-refractivity contribution in [3.8, 4) is 5.75 Å². The lowest BCUT2D eigenvalue weighted by molar-refractivity contribution is 0.212. The zero-order valence-electron chi connectivity index (χ0n) is 13.0. The van der Waals surface area contributed by atoms with Crippen LogP contribution in [0.4, 0.5) is 0 Å². The van der Waals surface area contributed by atoms with Gasteiger partial charge in [-0.3, -0.25) is 0 Å². The monoisotopic (exact) mass is 292 g/mol. The molecule has 0 aliphatic rings. The molecular weight excluding hydrogens is 272 g/mol. The molecule has 3 heteroatoms. The number of ether oxygens (including phenoxy) is 1. The summed E-state index contributed by atoms with van der Waals surface area (Å²) >= 11 is 0. The molecule has 0 amide bonds. The van der Waals surface area contributed by atoms with E-state index in [9.17, 15) is 0 Å². The summed E-state index contributed by atoms with van der Waals surface area (Å²) in [4.78, 5) is 4.74. The predicted molar refractivity (Wildman–Crippen MR) is 90.2 cm³/mol. The molecule has 1 aromatic heterocycles. The molecule has 0 N–H and O–H groups in total. The second-order valence-electron chi connectivity index (χ2n) is 5.43. The zero-order chi connectivity index (χ0) is 15.5. The van der Waals surface area contributed by atoms with Crippen LogP contribution < -0.4 is 4.74 Å². The number of aryl methyl sites for hydroxylation is 1. The van der Waals surface area contributed by atoms with Crippen LogP contribution in [0.25, 0.3) is 11.0 Å². The maximum atomic E-state index is 6.08. The topological polar surface area (TPSA) is 27.1 Å². The number of allylic oxidation sites excluding steroid dienone is 1. The van der Waals surface area contributed by atoms with Crippen LogP contribution in [-0.2, 0) is 6.54 Å². The van der Waals surface area contributed by atoms with Gasteiger partial charge in [0, 0.05) is 6.54 Å². The van der Waals surface area contributed by atoms with E-state index in [1.165, 1.54) is 5.56 Å². The smallest absolute Gasteiger partial charge is 0.153 e. The Hall–Kier alpha value is -2.55. The molecule has 1 unspecified atom stereocenters. The molecule has 1 atom stereocenters. The minimum Gasteiger partial charge on any atom is -0.483 e. The number of imidazole rings is 1. The van der Waals surface area contributed by atoms with E-state index in [4.69, 9.17) is 9.72 Å². The molecule has 0 fully saturated rings. The molecule has 0 radical (unpaired) electrons. The standard InChI is InChI=1S/C19H20N2O/c1-4-12-21-18-11-6-5-10-17(18)20-19(21)15(3)22-16-9-7-8-14(2)13-16/h4-11,13,15H,1,12H2,2-3H3. The summed E-state index contributed by atoms with van der Waals surface area (Å²) in [6.45, 7) is 8.66. The van der Waals surface area contributed by atoms with Gasteiger partial charge in [0.1, 0.15) is 5.75 Å². The summed E-state index contributed by atoms with van der Waals surface area (Å²) in [5, 5.41) is 0. The highest BCUT2D eigenvalue weighted by Crippen LogP contribution is 2.25. The fraction of sp³-hybridized carbons (Fsp3) is 0.211. The van der Waals surface area contributed by atoms with Crippen molar-refractivity contribution < 1.29 is 4.74 Å². The van der Waals surface area contributed by atoms with Gasteiger partial charge in [0.05, 0.1) is 11.0 Å². The number of aromatic nitrogens is 2. The van der Waals surface area contributed by atoms with Crippen LogP contribution in [0, 0.1) is 6.92 Å². The highest BCUT2D eigenvalue weighted by molar-refractivity contribution is 5.76. The third-order valence-corrected chi connectivity index (χ3v) is 3.66. The van der Waals surface area contributed by atoms with Gasteiger partial charge in [-0.2, -0.15) is 0 Å². The molecule has 22 heavy (non-hydrogen) atoms. The number of hydrogen-bond acceptors (Lipinski definition) is 2. The molecule has 0 aliphatic carbocycles. The lowest BCUT2D eigenvalue weighted by atomic mass is 10.2. The molecule has 2 aromatic carbocycles. The van der Waals surface area contributed by atoms with Crippen LogP contribution in [0.1, 0.15) is 24.4 Å². The van der Waals surface area contributed by atoms with Crippen LogP contribution >= 0.6 is 0 Å². The quantitative estimate of drug-likeness (QED) is 0.639. The van der Waals surface area contributed by atoms with Crippen LogP contribution in [0.5, 0.6) is 5.75 Å². The summed E-state index contributed by atoms with van der Waals surface area (Å²) < 4.78 is 8.24. The summed E-state index contributed by atoms with van der Waals surface area (Å²) in [6.07, 6.45) is 1.76. The molecule has 3 aromatic rings. The number of benzene rings is 2. The average Bonchev–Trinajstić information content (AvgIpc) is 2.87. The van der Waals surface area contributed by atoms with E-state index < -0.39 is 0 Å². The summed E-state index contributed by atoms with van der Waals surface area (Å²) in [7, 11) is 0. The first-order chi connectivity index (χ1) is 10.7. The lowest BCUT2D eigenvalue weighted by Crippen LogP contribution is -2.11. The molecule has 3 rings (SSSR count). The van der Waals surface area contributed by atoms with Gasteiger partial charge in [-0.05, 0) is 43.7 Å². The predicted octanol–water partition coefficient (Wildman–Crippen LogP) is 4.67. The first-order valence-corrected chi connectivity index (χ1v) is 7.48. The molecule has 0 bridgehead atoms. The summed E-state index contributed by atoms with van der Waals surface area (Å²) in [5.74, 6) is 1.78. The Bertz CT molecular complexity index is 804. The van der Waals surface area contributed by atoms with E-state index in [1.54, 1.807) is 0 Å². The van der Waals surface area contributed by atoms with Gasteiger partial charge in [-0.25, -0.2) is 4.98 Å². The van der Waals surface area contributed by atoms with Crippen molar-refractivity contribution in [2.24, 2.45) is 0 Å². The van der Waals surface area contributed by atoms with Crippen molar-refractivity contribution in [1.29, 1.82) is 0 Å². The Morgan fingerprint density at radius 1 is 1.23 bits per heavy atom. The highest BCUT2D eigenvalue weighted by atomic mass is 16.5. The molecule has 0 saturated carbocycles. The third-order valence-electron chi connectivity index (χ3n) is 3.66. The van der Waals surface area contributed by atoms with E-state index >= 15 is 0 Å². The van der Waals surface area contributed by atoms with E-state index in [-0.39, 0.29) is 6.10 Å². The lowest BCUT2D eigenvalue weighted by Gasteiger charge is -2.16. The summed E-state index contributed by atoms with van der Waals surface area (Å²) in [5.41, 5.74) is 3.28. The number of rotatable bonds is 5. The Labute approximate surface area is 130 Å². The SMILES string of the molecule is C=CCn1c(C(C)Oc2cccc(C)c2)nc2ccccc21. The average molecular weight is 292 g/mol. The van der Waals surface area contributed by atoms with Crippen LogP contribution in [0.2, 0.25) is 0 Å². The van der Waals surface area contributed by atoms with Gasteiger partial charge in [0.25, 0.3) is 0 Å². The van der Waals surface area contributed by atoms with E-state index in [0.29, 0.717) is 0 Å². The van der Waals surface area contributed by atoms with Gasteiger partial charge < -0.3 is 9.30 Å². The molecule has 0 spiro atoms. The molecule has 0 aliphatic heterocycles. The second-order valence-corrected chi connectivity index (χ2v) is 5.43. The number of hydrogen-bond donors (Lipinski definition) is 0. The van der Waals surface area contributed by atoms with Crippen molar-refractivity contribution in [3.63, 3.8) is 0 Å². The normalized spacial score (nSPS) is 12.3. The largest absolute Gasteiger partial charge is 0.483 e. The molecule has 1 heterocycles. The second kappa shape index (κ2) is 6.06. The Morgan fingerprint density at radius 3 is 2.82 bits per heavy atom. The summed E-state index contributed by atoms with van der Waals surface area (Å²) in [6, 6.07) is 16.2. The zero-order valence-corrected chi connectivity index (χ0v) is 13.0. The van der Waals surface area contributed by atoms with Crippen LogP contribution in [0.15, 0.2) is 61.2 Å². The van der Waals surface area contributed by atoms with Gasteiger partial charge in [-0.1, -0.05) is 30.3 Å². The Balaban J connectivity index is 1.97. The van der Waals surface area contributed by atoms with Gasteiger partial charge in [0.2, 0.25) is 0 Å². The minimum absolute atomic E-state index is 0.130. The fourth-order valence-electron chi connectivity index (χ4n) is 2.67. The van der Waals surface area contributed by atoms with Crippen molar-refractivity contribution >= 4 is 11.0 Å². The molecular formula is C19H20N2O. The molecule has 3 nitrogen and oxygen atoms in total. The van der Waals surface area contributed by atoms with Crippen LogP contribution in [-0.4, -0.2) is 9.55 Å². The van der Waals surface area contributed by atoms with Crippen LogP contribution in [0.3, 0.4) is 0 Å². The van der Waals surface area contributed by atoms with E-state index in [1.807, 2.05) is 49.4 Å². The highest BCUT2D eigenvalue weighted by Gasteiger charge is 2.17. The Kier molecular flexibility index (Phi) is 3.96. The van der Waals surface area contributed by atoms with E-state index in [2.05, 4.69) is 30.2 Å². The number of nitrogens with zero attached hydrogens (tertiary/aromatic N) is 2. The van der Waals surface area contributed by atoms with Crippen molar-refractivity contribution in [2.75, 3.05) is 0 Å². The first kappa shape index (κ1) is 14.4. The fourth-order valence-corrected chi connectivity index (χ4v) is 2.67. The maximum absolute atomic E-state index is 6.08. The maximum Gasteiger partial charge on any atom is 0.153 e. The number of para-hydroxylation sites is 2. The number of fused-ring (bicyclic) bond motifs is 1. The van der Waals surface area contributed by atoms with Gasteiger partial charge >= 0.3 is 0 Å². The first-order valence-electron chi connectivity index (χ1n) is 7.48. The third kappa shape index (κ3) is 2.75. The molecule has 0 saturated heterocycles. The van der Waals surface area contributed by atoms with E-state index in [0.717, 1.165) is 29.2 Å². The van der Waals surface area contributed by atoms with Gasteiger partial charge in [0.15, 0.2) is 11.9 Å². The Morgan fingerprint density at radius 2 is 2.05 bits per heavy atom.